The molecule has 2 aromatic carbocycles. The number of hydrogen-bond acceptors (Lipinski definition) is 5. The summed E-state index contributed by atoms with van der Waals surface area (Å²) in [5, 5.41) is 9.81. The lowest BCUT2D eigenvalue weighted by Gasteiger charge is -2.26. The van der Waals surface area contributed by atoms with Crippen LogP contribution in [0.4, 0.5) is 4.79 Å². The fourth-order valence-electron chi connectivity index (χ4n) is 3.50. The van der Waals surface area contributed by atoms with Gasteiger partial charge in [0.2, 0.25) is 5.91 Å². The number of rotatable bonds is 7. The van der Waals surface area contributed by atoms with Crippen LogP contribution in [-0.4, -0.2) is 45.1 Å². The summed E-state index contributed by atoms with van der Waals surface area (Å²) in [6.45, 7) is 0.359. The number of carbonyl (C=O) groups is 2. The van der Waals surface area contributed by atoms with E-state index in [9.17, 15) is 23.9 Å². The SMILES string of the molecule is N=C(N)c1ccc(C(NC(=O)[C@@H]2CCCN2C(=O)OCc2ccccc2)P(=O)(O)O)cc1. The summed E-state index contributed by atoms with van der Waals surface area (Å²) in [6.07, 6.45) is 0.251. The summed E-state index contributed by atoms with van der Waals surface area (Å²) in [4.78, 5) is 46.3. The van der Waals surface area contributed by atoms with Gasteiger partial charge in [0, 0.05) is 12.1 Å². The van der Waals surface area contributed by atoms with E-state index in [1.165, 1.54) is 29.2 Å². The lowest BCUT2D eigenvalue weighted by molar-refractivity contribution is -0.125. The van der Waals surface area contributed by atoms with Gasteiger partial charge in [-0.05, 0) is 24.0 Å². The van der Waals surface area contributed by atoms with Gasteiger partial charge in [0.15, 0.2) is 5.78 Å². The molecule has 2 aromatic rings. The van der Waals surface area contributed by atoms with Crippen molar-refractivity contribution in [3.8, 4) is 0 Å². The smallest absolute Gasteiger partial charge is 0.410 e. The van der Waals surface area contributed by atoms with Gasteiger partial charge in [0.05, 0.1) is 0 Å². The zero-order valence-corrected chi connectivity index (χ0v) is 18.1. The number of nitrogens with zero attached hydrogens (tertiary/aromatic N) is 1. The number of nitrogens with one attached hydrogen (secondary N) is 2. The Bertz CT molecular complexity index is 1020. The van der Waals surface area contributed by atoms with Crippen LogP contribution in [0, 0.1) is 5.41 Å². The lowest BCUT2D eigenvalue weighted by Crippen LogP contribution is -2.47. The Morgan fingerprint density at radius 1 is 1.19 bits per heavy atom. The number of nitrogens with two attached hydrogens (primary N) is 1. The summed E-state index contributed by atoms with van der Waals surface area (Å²) in [5.41, 5.74) is 6.75. The van der Waals surface area contributed by atoms with E-state index >= 15 is 0 Å². The zero-order chi connectivity index (χ0) is 23.3. The van der Waals surface area contributed by atoms with Crippen molar-refractivity contribution in [2.75, 3.05) is 6.54 Å². The molecule has 10 nitrogen and oxygen atoms in total. The molecule has 32 heavy (non-hydrogen) atoms. The third-order valence-electron chi connectivity index (χ3n) is 5.15. The molecule has 1 heterocycles. The molecular weight excluding hydrogens is 435 g/mol. The quantitative estimate of drug-likeness (QED) is 0.240. The van der Waals surface area contributed by atoms with Gasteiger partial charge in [0.1, 0.15) is 18.5 Å². The highest BCUT2D eigenvalue weighted by Gasteiger charge is 2.39. The predicted molar refractivity (Wildman–Crippen MR) is 117 cm³/mol. The number of carbonyl (C=O) groups excluding carboxylic acids is 2. The van der Waals surface area contributed by atoms with Crippen molar-refractivity contribution in [3.05, 3.63) is 71.3 Å². The highest BCUT2D eigenvalue weighted by atomic mass is 31.2. The van der Waals surface area contributed by atoms with E-state index in [1.54, 1.807) is 0 Å². The Hall–Kier alpha value is -3.20. The molecule has 0 radical (unpaired) electrons. The van der Waals surface area contributed by atoms with Crippen molar-refractivity contribution in [2.24, 2.45) is 5.73 Å². The number of amides is 2. The van der Waals surface area contributed by atoms with Crippen LogP contribution in [-0.2, 0) is 20.7 Å². The normalized spacial score (nSPS) is 16.9. The fourth-order valence-corrected chi connectivity index (χ4v) is 4.35. The average molecular weight is 460 g/mol. The highest BCUT2D eigenvalue weighted by Crippen LogP contribution is 2.50. The van der Waals surface area contributed by atoms with Crippen LogP contribution >= 0.6 is 7.60 Å². The summed E-state index contributed by atoms with van der Waals surface area (Å²) < 4.78 is 17.4. The summed E-state index contributed by atoms with van der Waals surface area (Å²) in [6, 6.07) is 13.9. The van der Waals surface area contributed by atoms with Crippen molar-refractivity contribution in [1.82, 2.24) is 10.2 Å². The van der Waals surface area contributed by atoms with Gasteiger partial charge in [-0.25, -0.2) is 4.79 Å². The van der Waals surface area contributed by atoms with Crippen LogP contribution in [0.25, 0.3) is 0 Å². The molecular formula is C21H25N4O6P. The predicted octanol–water partition coefficient (Wildman–Crippen LogP) is 2.06. The molecule has 11 heteroatoms. The molecule has 1 aliphatic heterocycles. The van der Waals surface area contributed by atoms with Gasteiger partial charge >= 0.3 is 13.7 Å². The Balaban J connectivity index is 1.70. The number of ether oxygens (including phenoxy) is 1. The Kier molecular flexibility index (Phi) is 7.29. The molecule has 1 aliphatic rings. The van der Waals surface area contributed by atoms with Crippen molar-refractivity contribution in [2.45, 2.75) is 31.3 Å². The fraction of sp³-hybridized carbons (Fsp3) is 0.286. The average Bonchev–Trinajstić information content (AvgIpc) is 3.26. The number of hydrogen-bond donors (Lipinski definition) is 5. The van der Waals surface area contributed by atoms with Gasteiger partial charge in [-0.3, -0.25) is 19.7 Å². The maximum Gasteiger partial charge on any atom is 0.410 e. The standard InChI is InChI=1S/C21H25N4O6P/c22-18(23)15-8-10-16(11-9-15)20(32(28,29)30)24-19(26)17-7-4-12-25(17)21(27)31-13-14-5-2-1-3-6-14/h1-3,5-6,8-11,17,20H,4,7,12-13H2,(H3,22,23)(H,24,26)(H2,28,29,30)/t17-,20?/m0/s1. The van der Waals surface area contributed by atoms with E-state index < -0.39 is 31.4 Å². The Morgan fingerprint density at radius 2 is 1.84 bits per heavy atom. The molecule has 2 amide bonds. The van der Waals surface area contributed by atoms with Gasteiger partial charge in [-0.15, -0.1) is 0 Å². The molecule has 0 aromatic heterocycles. The minimum atomic E-state index is -4.78. The third kappa shape index (κ3) is 5.73. The second-order valence-corrected chi connectivity index (χ2v) is 9.12. The molecule has 0 aliphatic carbocycles. The lowest BCUT2D eigenvalue weighted by atomic mass is 10.1. The van der Waals surface area contributed by atoms with E-state index in [0.29, 0.717) is 24.9 Å². The molecule has 1 saturated heterocycles. The largest absolute Gasteiger partial charge is 0.445 e. The van der Waals surface area contributed by atoms with Gasteiger partial charge in [-0.2, -0.15) is 0 Å². The van der Waals surface area contributed by atoms with Gasteiger partial charge < -0.3 is 25.6 Å². The molecule has 2 atom stereocenters. The van der Waals surface area contributed by atoms with Gasteiger partial charge in [-0.1, -0.05) is 54.6 Å². The highest BCUT2D eigenvalue weighted by molar-refractivity contribution is 7.52. The Labute approximate surface area is 185 Å². The third-order valence-corrected chi connectivity index (χ3v) is 6.25. The molecule has 0 saturated carbocycles. The van der Waals surface area contributed by atoms with E-state index in [1.807, 2.05) is 30.3 Å². The first-order chi connectivity index (χ1) is 15.2. The van der Waals surface area contributed by atoms with Crippen LogP contribution in [0.3, 0.4) is 0 Å². The first kappa shape index (κ1) is 23.5. The number of amidine groups is 1. The molecule has 0 spiro atoms. The second-order valence-electron chi connectivity index (χ2n) is 7.43. The van der Waals surface area contributed by atoms with E-state index in [-0.39, 0.29) is 18.0 Å². The van der Waals surface area contributed by atoms with E-state index in [2.05, 4.69) is 5.32 Å². The van der Waals surface area contributed by atoms with Crippen LogP contribution in [0.15, 0.2) is 54.6 Å². The van der Waals surface area contributed by atoms with E-state index in [4.69, 9.17) is 15.9 Å². The van der Waals surface area contributed by atoms with E-state index in [0.717, 1.165) is 5.56 Å². The van der Waals surface area contributed by atoms with Crippen LogP contribution in [0.1, 0.15) is 35.3 Å². The summed E-state index contributed by atoms with van der Waals surface area (Å²) in [5.74, 6) is -2.47. The summed E-state index contributed by atoms with van der Waals surface area (Å²) >= 11 is 0. The minimum absolute atomic E-state index is 0.0537. The topological polar surface area (TPSA) is 166 Å². The summed E-state index contributed by atoms with van der Waals surface area (Å²) in [7, 11) is -4.78. The van der Waals surface area contributed by atoms with Crippen molar-refractivity contribution >= 4 is 25.4 Å². The van der Waals surface area contributed by atoms with Crippen LogP contribution < -0.4 is 11.1 Å². The van der Waals surface area contributed by atoms with Crippen LogP contribution in [0.2, 0.25) is 0 Å². The minimum Gasteiger partial charge on any atom is -0.445 e. The molecule has 6 N–H and O–H groups in total. The second kappa shape index (κ2) is 9.95. The van der Waals surface area contributed by atoms with Gasteiger partial charge in [0.25, 0.3) is 0 Å². The molecule has 170 valence electrons. The molecule has 1 unspecified atom stereocenters. The zero-order valence-electron chi connectivity index (χ0n) is 17.2. The van der Waals surface area contributed by atoms with Crippen LogP contribution in [0.5, 0.6) is 0 Å². The number of benzene rings is 2. The Morgan fingerprint density at radius 3 is 2.44 bits per heavy atom. The maximum atomic E-state index is 12.9. The molecule has 0 bridgehead atoms. The molecule has 3 rings (SSSR count). The monoisotopic (exact) mass is 460 g/mol. The van der Waals surface area contributed by atoms with Crippen molar-refractivity contribution < 1.29 is 28.7 Å². The number of likely N-dealkylation sites (tertiary alicyclic amines) is 1. The first-order valence-corrected chi connectivity index (χ1v) is 11.6. The van der Waals surface area contributed by atoms with Crippen molar-refractivity contribution in [1.29, 1.82) is 5.41 Å². The number of nitrogen functional groups attached to an aromatic ring is 1. The maximum absolute atomic E-state index is 12.9. The molecule has 1 fully saturated rings. The van der Waals surface area contributed by atoms with Crippen molar-refractivity contribution in [3.63, 3.8) is 0 Å². The first-order valence-electron chi connectivity index (χ1n) is 9.94.